The quantitative estimate of drug-likeness (QED) is 0.830. The van der Waals surface area contributed by atoms with Crippen LogP contribution in [0.25, 0.3) is 0 Å². The summed E-state index contributed by atoms with van der Waals surface area (Å²) in [6.07, 6.45) is 5.47. The first-order valence-corrected chi connectivity index (χ1v) is 8.51. The van der Waals surface area contributed by atoms with Crippen LogP contribution in [0.4, 0.5) is 0 Å². The van der Waals surface area contributed by atoms with Gasteiger partial charge in [0.25, 0.3) is 0 Å². The molecule has 0 spiro atoms. The molecule has 1 N–H and O–H groups in total. The van der Waals surface area contributed by atoms with Gasteiger partial charge >= 0.3 is 0 Å². The van der Waals surface area contributed by atoms with Gasteiger partial charge in [0.1, 0.15) is 0 Å². The van der Waals surface area contributed by atoms with Crippen LogP contribution in [0, 0.1) is 0 Å². The van der Waals surface area contributed by atoms with Gasteiger partial charge in [0, 0.05) is 38.3 Å². The van der Waals surface area contributed by atoms with Crippen molar-refractivity contribution >= 4 is 0 Å². The molecule has 3 heteroatoms. The van der Waals surface area contributed by atoms with Gasteiger partial charge in [-0.15, -0.1) is 0 Å². The second-order valence-electron chi connectivity index (χ2n) is 6.73. The van der Waals surface area contributed by atoms with Crippen LogP contribution in [0.3, 0.4) is 0 Å². The summed E-state index contributed by atoms with van der Waals surface area (Å²) in [6.45, 7) is 5.87. The summed E-state index contributed by atoms with van der Waals surface area (Å²) in [6, 6.07) is 12.4. The van der Waals surface area contributed by atoms with Crippen molar-refractivity contribution in [3.8, 4) is 0 Å². The van der Waals surface area contributed by atoms with Crippen LogP contribution >= 0.6 is 0 Å². The molecule has 1 aromatic carbocycles. The Balaban J connectivity index is 1.38. The fourth-order valence-electron chi connectivity index (χ4n) is 3.35. The van der Waals surface area contributed by atoms with Crippen LogP contribution in [0.15, 0.2) is 30.3 Å². The third kappa shape index (κ3) is 4.80. The molecule has 0 amide bonds. The van der Waals surface area contributed by atoms with Gasteiger partial charge in [-0.25, -0.2) is 0 Å². The molecular formula is C18H29N3. The minimum atomic E-state index is 0.676. The monoisotopic (exact) mass is 287 g/mol. The second kappa shape index (κ2) is 7.39. The van der Waals surface area contributed by atoms with Gasteiger partial charge in [-0.2, -0.15) is 0 Å². The number of likely N-dealkylation sites (N-methyl/N-ethyl adjacent to an activating group) is 1. The van der Waals surface area contributed by atoms with Crippen LogP contribution in [0.2, 0.25) is 0 Å². The Hall–Kier alpha value is -0.900. The van der Waals surface area contributed by atoms with Crippen LogP contribution in [0.1, 0.15) is 31.2 Å². The fraction of sp³-hybridized carbons (Fsp3) is 0.667. The van der Waals surface area contributed by atoms with Gasteiger partial charge in [0.2, 0.25) is 0 Å². The summed E-state index contributed by atoms with van der Waals surface area (Å²) >= 11 is 0. The van der Waals surface area contributed by atoms with Crippen LogP contribution in [-0.4, -0.2) is 55.1 Å². The van der Waals surface area contributed by atoms with E-state index < -0.39 is 0 Å². The Morgan fingerprint density at radius 1 is 1.19 bits per heavy atom. The van der Waals surface area contributed by atoms with Gasteiger partial charge < -0.3 is 10.2 Å². The molecule has 1 aliphatic heterocycles. The number of hydrogen-bond acceptors (Lipinski definition) is 3. The Kier molecular flexibility index (Phi) is 5.28. The third-order valence-electron chi connectivity index (χ3n) is 4.82. The predicted octanol–water partition coefficient (Wildman–Crippen LogP) is 2.33. The van der Waals surface area contributed by atoms with Gasteiger partial charge in [-0.3, -0.25) is 4.90 Å². The Labute approximate surface area is 129 Å². The van der Waals surface area contributed by atoms with E-state index in [-0.39, 0.29) is 0 Å². The van der Waals surface area contributed by atoms with Crippen molar-refractivity contribution < 1.29 is 0 Å². The highest BCUT2D eigenvalue weighted by atomic mass is 15.2. The number of nitrogens with zero attached hydrogens (tertiary/aromatic N) is 2. The second-order valence-corrected chi connectivity index (χ2v) is 6.73. The summed E-state index contributed by atoms with van der Waals surface area (Å²) in [7, 11) is 2.27. The summed E-state index contributed by atoms with van der Waals surface area (Å²) in [5.41, 5.74) is 1.44. The summed E-state index contributed by atoms with van der Waals surface area (Å²) < 4.78 is 0. The lowest BCUT2D eigenvalue weighted by Gasteiger charge is -2.33. The van der Waals surface area contributed by atoms with Crippen LogP contribution in [-0.2, 0) is 6.54 Å². The Morgan fingerprint density at radius 2 is 2.00 bits per heavy atom. The number of nitrogens with one attached hydrogen (secondary N) is 1. The molecule has 1 atom stereocenters. The third-order valence-corrected chi connectivity index (χ3v) is 4.82. The maximum atomic E-state index is 3.77. The van der Waals surface area contributed by atoms with E-state index in [1.807, 2.05) is 0 Å². The first-order valence-electron chi connectivity index (χ1n) is 8.51. The van der Waals surface area contributed by atoms with Crippen molar-refractivity contribution in [2.24, 2.45) is 0 Å². The summed E-state index contributed by atoms with van der Waals surface area (Å²) in [5, 5.41) is 3.77. The molecule has 1 unspecified atom stereocenters. The van der Waals surface area contributed by atoms with Crippen molar-refractivity contribution in [1.29, 1.82) is 0 Å². The van der Waals surface area contributed by atoms with E-state index in [1.165, 1.54) is 50.9 Å². The molecule has 21 heavy (non-hydrogen) atoms. The van der Waals surface area contributed by atoms with Crippen molar-refractivity contribution in [3.05, 3.63) is 35.9 Å². The average Bonchev–Trinajstić information content (AvgIpc) is 3.33. The Bertz CT molecular complexity index is 416. The van der Waals surface area contributed by atoms with E-state index >= 15 is 0 Å². The highest BCUT2D eigenvalue weighted by Gasteiger charge is 2.26. The Morgan fingerprint density at radius 3 is 2.76 bits per heavy atom. The van der Waals surface area contributed by atoms with Gasteiger partial charge in [0.05, 0.1) is 0 Å². The molecule has 1 saturated carbocycles. The maximum Gasteiger partial charge on any atom is 0.0234 e. The van der Waals surface area contributed by atoms with E-state index in [4.69, 9.17) is 0 Å². The minimum absolute atomic E-state index is 0.676. The lowest BCUT2D eigenvalue weighted by Crippen LogP contribution is -2.47. The van der Waals surface area contributed by atoms with Crippen molar-refractivity contribution in [2.45, 2.75) is 44.3 Å². The predicted molar refractivity (Wildman–Crippen MR) is 88.4 cm³/mol. The molecule has 2 fully saturated rings. The molecule has 1 aliphatic carbocycles. The summed E-state index contributed by atoms with van der Waals surface area (Å²) in [4.78, 5) is 5.11. The number of piperidine rings is 1. The van der Waals surface area contributed by atoms with E-state index in [0.717, 1.165) is 19.1 Å². The molecule has 1 heterocycles. The van der Waals surface area contributed by atoms with Gasteiger partial charge in [0.15, 0.2) is 0 Å². The number of hydrogen-bond donors (Lipinski definition) is 1. The fourth-order valence-corrected chi connectivity index (χ4v) is 3.35. The summed E-state index contributed by atoms with van der Waals surface area (Å²) in [5.74, 6) is 0. The van der Waals surface area contributed by atoms with E-state index in [1.54, 1.807) is 0 Å². The molecule has 0 aromatic heterocycles. The topological polar surface area (TPSA) is 18.5 Å². The van der Waals surface area contributed by atoms with Crippen molar-refractivity contribution in [2.75, 3.05) is 33.2 Å². The first-order chi connectivity index (χ1) is 10.3. The smallest absolute Gasteiger partial charge is 0.0234 e. The minimum Gasteiger partial charge on any atom is -0.311 e. The van der Waals surface area contributed by atoms with E-state index in [2.05, 4.69) is 52.5 Å². The number of rotatable bonds is 7. The van der Waals surface area contributed by atoms with Crippen LogP contribution < -0.4 is 5.32 Å². The maximum absolute atomic E-state index is 3.77. The molecule has 0 radical (unpaired) electrons. The molecule has 3 rings (SSSR count). The zero-order valence-corrected chi connectivity index (χ0v) is 13.3. The standard InChI is InChI=1S/C18H29N3/c1-20(18-9-10-18)13-11-19-17-8-5-12-21(15-17)14-16-6-3-2-4-7-16/h2-4,6-7,17-19H,5,8-15H2,1H3. The lowest BCUT2D eigenvalue weighted by atomic mass is 10.0. The van der Waals surface area contributed by atoms with Crippen molar-refractivity contribution in [1.82, 2.24) is 15.1 Å². The highest BCUT2D eigenvalue weighted by Crippen LogP contribution is 2.24. The number of benzene rings is 1. The zero-order chi connectivity index (χ0) is 14.5. The lowest BCUT2D eigenvalue weighted by molar-refractivity contribution is 0.180. The molecule has 1 aromatic rings. The van der Waals surface area contributed by atoms with Crippen LogP contribution in [0.5, 0.6) is 0 Å². The largest absolute Gasteiger partial charge is 0.311 e. The number of likely N-dealkylation sites (tertiary alicyclic amines) is 1. The molecule has 0 bridgehead atoms. The SMILES string of the molecule is CN(CCNC1CCCN(Cc2ccccc2)C1)C1CC1. The molecule has 1 saturated heterocycles. The van der Waals surface area contributed by atoms with Crippen molar-refractivity contribution in [3.63, 3.8) is 0 Å². The van der Waals surface area contributed by atoms with E-state index in [0.29, 0.717) is 6.04 Å². The van der Waals surface area contributed by atoms with E-state index in [9.17, 15) is 0 Å². The molecule has 2 aliphatic rings. The normalized spacial score (nSPS) is 23.6. The molecular weight excluding hydrogens is 258 g/mol. The van der Waals surface area contributed by atoms with Gasteiger partial charge in [-0.05, 0) is 44.8 Å². The molecule has 3 nitrogen and oxygen atoms in total. The first kappa shape index (κ1) is 15.0. The van der Waals surface area contributed by atoms with Gasteiger partial charge in [-0.1, -0.05) is 30.3 Å². The highest BCUT2D eigenvalue weighted by molar-refractivity contribution is 5.14. The average molecular weight is 287 g/mol. The molecule has 116 valence electrons. The zero-order valence-electron chi connectivity index (χ0n) is 13.3.